The minimum Gasteiger partial charge on any atom is -0.508 e. The smallest absolute Gasteiger partial charge is 0.303 e. The van der Waals surface area contributed by atoms with Crippen molar-refractivity contribution in [3.8, 4) is 5.75 Å². The highest BCUT2D eigenvalue weighted by Gasteiger charge is 2.49. The number of esters is 1. The molecule has 1 N–H and O–H groups in total. The first-order chi connectivity index (χ1) is 16.6. The van der Waals surface area contributed by atoms with Gasteiger partial charge in [-0.25, -0.2) is 0 Å². The second kappa shape index (κ2) is 10.0. The standard InChI is InChI=1S/C30H39NO4/c1-19-6-9-23-10-13-26-28(30(23,4)5)27(18-20(2)17-25(16-19)35-21(3)32)31(29(26)34)15-14-22-7-11-24(33)12-8-22/h7-8,11-12,17,23,25,27,33H,1,6,9-10,13-16,18H2,2-5H3/b20-17-/t23-,25+,27-/m1/s1. The molecule has 0 radical (unpaired) electrons. The van der Waals surface area contributed by atoms with Crippen molar-refractivity contribution in [1.82, 2.24) is 4.90 Å². The average molecular weight is 478 g/mol. The summed E-state index contributed by atoms with van der Waals surface area (Å²) < 4.78 is 5.62. The number of phenols is 1. The normalized spacial score (nSPS) is 28.2. The van der Waals surface area contributed by atoms with Crippen LogP contribution in [0.3, 0.4) is 0 Å². The number of carbonyl (C=O) groups is 2. The molecule has 5 nitrogen and oxygen atoms in total. The predicted molar refractivity (Wildman–Crippen MR) is 138 cm³/mol. The van der Waals surface area contributed by atoms with Gasteiger partial charge in [0.25, 0.3) is 0 Å². The Hall–Kier alpha value is -2.82. The zero-order valence-electron chi connectivity index (χ0n) is 21.6. The Morgan fingerprint density at radius 3 is 2.54 bits per heavy atom. The highest BCUT2D eigenvalue weighted by Crippen LogP contribution is 2.53. The van der Waals surface area contributed by atoms with Gasteiger partial charge in [0.05, 0.1) is 6.04 Å². The third-order valence-electron chi connectivity index (χ3n) is 8.23. The molecule has 0 saturated heterocycles. The number of hydrogen-bond donors (Lipinski definition) is 1. The van der Waals surface area contributed by atoms with Crippen LogP contribution in [0, 0.1) is 11.3 Å². The second-order valence-electron chi connectivity index (χ2n) is 11.1. The molecule has 3 aliphatic rings. The summed E-state index contributed by atoms with van der Waals surface area (Å²) in [7, 11) is 0. The molecule has 5 heteroatoms. The molecule has 0 saturated carbocycles. The number of ether oxygens (including phenoxy) is 1. The minimum atomic E-state index is -0.316. The van der Waals surface area contributed by atoms with Crippen molar-refractivity contribution in [2.24, 2.45) is 11.3 Å². The topological polar surface area (TPSA) is 66.8 Å². The predicted octanol–water partition coefficient (Wildman–Crippen LogP) is 5.89. The zero-order valence-corrected chi connectivity index (χ0v) is 21.6. The van der Waals surface area contributed by atoms with E-state index in [1.807, 2.05) is 12.1 Å². The SMILES string of the molecule is C=C1CC[C@@H]2CCC3=C([C@@H](C/C(C)=C\[C@@H](OC(C)=O)C1)N(CCc1ccc(O)cc1)C3=O)C2(C)C. The Labute approximate surface area is 209 Å². The molecule has 0 spiro atoms. The molecule has 1 heterocycles. The lowest BCUT2D eigenvalue weighted by atomic mass is 9.62. The monoisotopic (exact) mass is 477 g/mol. The summed E-state index contributed by atoms with van der Waals surface area (Å²) in [5.74, 6) is 0.634. The maximum atomic E-state index is 13.7. The summed E-state index contributed by atoms with van der Waals surface area (Å²) in [4.78, 5) is 27.5. The van der Waals surface area contributed by atoms with Gasteiger partial charge in [0, 0.05) is 25.5 Å². The number of phenolic OH excluding ortho intramolecular Hbond substituents is 1. The van der Waals surface area contributed by atoms with Gasteiger partial charge < -0.3 is 14.7 Å². The van der Waals surface area contributed by atoms with E-state index in [0.717, 1.165) is 60.8 Å². The molecule has 1 aromatic rings. The van der Waals surface area contributed by atoms with Crippen molar-refractivity contribution in [2.45, 2.75) is 84.8 Å². The van der Waals surface area contributed by atoms with Crippen LogP contribution in [0.5, 0.6) is 5.75 Å². The van der Waals surface area contributed by atoms with Crippen LogP contribution in [-0.4, -0.2) is 40.6 Å². The van der Waals surface area contributed by atoms with Crippen LogP contribution in [0.4, 0.5) is 0 Å². The number of amides is 1. The molecule has 0 aromatic heterocycles. The van der Waals surface area contributed by atoms with Crippen LogP contribution in [0.25, 0.3) is 0 Å². The van der Waals surface area contributed by atoms with Crippen molar-refractivity contribution in [3.63, 3.8) is 0 Å². The molecule has 35 heavy (non-hydrogen) atoms. The highest BCUT2D eigenvalue weighted by molar-refractivity contribution is 5.98. The third kappa shape index (κ3) is 5.39. The number of carbonyl (C=O) groups excluding carboxylic acids is 2. The quantitative estimate of drug-likeness (QED) is 0.434. The first-order valence-electron chi connectivity index (χ1n) is 12.9. The summed E-state index contributed by atoms with van der Waals surface area (Å²) >= 11 is 0. The number of hydrogen-bond acceptors (Lipinski definition) is 4. The molecule has 1 aromatic carbocycles. The maximum Gasteiger partial charge on any atom is 0.303 e. The van der Waals surface area contributed by atoms with Crippen molar-refractivity contribution in [2.75, 3.05) is 6.54 Å². The largest absolute Gasteiger partial charge is 0.508 e. The number of nitrogens with zero attached hydrogens (tertiary/aromatic N) is 1. The van der Waals surface area contributed by atoms with Crippen molar-refractivity contribution in [1.29, 1.82) is 0 Å². The zero-order chi connectivity index (χ0) is 25.3. The summed E-state index contributed by atoms with van der Waals surface area (Å²) in [6.45, 7) is 13.1. The van der Waals surface area contributed by atoms with E-state index in [1.165, 1.54) is 12.5 Å². The van der Waals surface area contributed by atoms with Gasteiger partial charge in [-0.15, -0.1) is 0 Å². The van der Waals surface area contributed by atoms with Crippen LogP contribution in [0.15, 0.2) is 59.2 Å². The summed E-state index contributed by atoms with van der Waals surface area (Å²) in [6, 6.07) is 7.26. The van der Waals surface area contributed by atoms with Crippen molar-refractivity contribution in [3.05, 3.63) is 64.8 Å². The summed E-state index contributed by atoms with van der Waals surface area (Å²) in [5.41, 5.74) is 5.62. The van der Waals surface area contributed by atoms with E-state index >= 15 is 0 Å². The van der Waals surface area contributed by atoms with Gasteiger partial charge in [-0.1, -0.05) is 43.7 Å². The first kappa shape index (κ1) is 25.3. The minimum absolute atomic E-state index is 0.0178. The average Bonchev–Trinajstić information content (AvgIpc) is 3.03. The Morgan fingerprint density at radius 1 is 1.17 bits per heavy atom. The maximum absolute atomic E-state index is 13.7. The molecule has 2 bridgehead atoms. The van der Waals surface area contributed by atoms with Crippen LogP contribution in [0.2, 0.25) is 0 Å². The highest BCUT2D eigenvalue weighted by atomic mass is 16.5. The summed E-state index contributed by atoms with van der Waals surface area (Å²) in [5, 5.41) is 9.62. The Morgan fingerprint density at radius 2 is 1.86 bits per heavy atom. The lowest BCUT2D eigenvalue weighted by Crippen LogP contribution is -2.41. The van der Waals surface area contributed by atoms with Gasteiger partial charge >= 0.3 is 5.97 Å². The Balaban J connectivity index is 1.68. The Kier molecular flexibility index (Phi) is 7.25. The second-order valence-corrected chi connectivity index (χ2v) is 11.1. The van der Waals surface area contributed by atoms with E-state index in [2.05, 4.69) is 38.3 Å². The van der Waals surface area contributed by atoms with Gasteiger partial charge in [-0.05, 0) is 86.1 Å². The number of fused-ring (bicyclic) bond motifs is 1. The summed E-state index contributed by atoms with van der Waals surface area (Å²) in [6.07, 6.45) is 7.67. The fourth-order valence-electron chi connectivity index (χ4n) is 6.44. The van der Waals surface area contributed by atoms with Gasteiger partial charge in [0.2, 0.25) is 5.91 Å². The van der Waals surface area contributed by atoms with Gasteiger partial charge in [0.15, 0.2) is 0 Å². The van der Waals surface area contributed by atoms with E-state index < -0.39 is 0 Å². The molecular weight excluding hydrogens is 438 g/mol. The molecule has 0 unspecified atom stereocenters. The van der Waals surface area contributed by atoms with Crippen molar-refractivity contribution < 1.29 is 19.4 Å². The number of aromatic hydroxyl groups is 1. The van der Waals surface area contributed by atoms with E-state index in [1.54, 1.807) is 12.1 Å². The number of rotatable bonds is 4. The molecule has 0 fully saturated rings. The van der Waals surface area contributed by atoms with E-state index in [-0.39, 0.29) is 35.2 Å². The van der Waals surface area contributed by atoms with Gasteiger partial charge in [0.1, 0.15) is 11.9 Å². The number of benzene rings is 1. The van der Waals surface area contributed by atoms with Gasteiger partial charge in [-0.3, -0.25) is 9.59 Å². The molecule has 1 amide bonds. The molecule has 4 rings (SSSR count). The van der Waals surface area contributed by atoms with E-state index in [9.17, 15) is 14.7 Å². The lowest BCUT2D eigenvalue weighted by molar-refractivity contribution is -0.144. The molecule has 2 aliphatic carbocycles. The third-order valence-corrected chi connectivity index (χ3v) is 8.23. The molecule has 1 aliphatic heterocycles. The van der Waals surface area contributed by atoms with E-state index in [4.69, 9.17) is 4.74 Å². The lowest BCUT2D eigenvalue weighted by Gasteiger charge is -2.43. The van der Waals surface area contributed by atoms with Crippen LogP contribution in [0.1, 0.15) is 71.8 Å². The van der Waals surface area contributed by atoms with E-state index in [0.29, 0.717) is 18.9 Å². The first-order valence-corrected chi connectivity index (χ1v) is 12.9. The Bertz CT molecular complexity index is 1060. The van der Waals surface area contributed by atoms with Gasteiger partial charge in [-0.2, -0.15) is 0 Å². The van der Waals surface area contributed by atoms with Crippen LogP contribution >= 0.6 is 0 Å². The molecular formula is C30H39NO4. The van der Waals surface area contributed by atoms with Crippen LogP contribution in [-0.2, 0) is 20.7 Å². The fourth-order valence-corrected chi connectivity index (χ4v) is 6.44. The molecule has 188 valence electrons. The van der Waals surface area contributed by atoms with Crippen molar-refractivity contribution >= 4 is 11.9 Å². The van der Waals surface area contributed by atoms with Crippen LogP contribution < -0.4 is 0 Å². The fraction of sp³-hybridized carbons (Fsp3) is 0.533. The molecule has 3 atom stereocenters.